The van der Waals surface area contributed by atoms with E-state index in [0.717, 1.165) is 45.6 Å². The summed E-state index contributed by atoms with van der Waals surface area (Å²) in [4.78, 5) is 29.9. The number of carbonyl (C=O) groups excluding carboxylic acids is 1. The van der Waals surface area contributed by atoms with E-state index in [1.807, 2.05) is 22.8 Å². The van der Waals surface area contributed by atoms with Crippen LogP contribution in [0.1, 0.15) is 32.3 Å². The molecule has 3 rings (SSSR count). The number of nitrogens with one attached hydrogen (secondary N) is 1. The van der Waals surface area contributed by atoms with Crippen molar-refractivity contribution in [2.45, 2.75) is 51.4 Å². The lowest BCUT2D eigenvalue weighted by Crippen LogP contribution is -2.60. The first kappa shape index (κ1) is 20.6. The lowest BCUT2D eigenvalue weighted by Gasteiger charge is -2.44. The van der Waals surface area contributed by atoms with Gasteiger partial charge < -0.3 is 15.3 Å². The van der Waals surface area contributed by atoms with Crippen LogP contribution in [0.2, 0.25) is 0 Å². The SMILES string of the molecule is CCN(CC(=O)O)C1CC(NC(=O)N2CCN(Cc3ccccc3)CC2C)C1. The molecule has 2 fully saturated rings. The van der Waals surface area contributed by atoms with Crippen molar-refractivity contribution in [3.63, 3.8) is 0 Å². The minimum absolute atomic E-state index is 0.0107. The number of carbonyl (C=O) groups is 2. The van der Waals surface area contributed by atoms with Gasteiger partial charge in [0.25, 0.3) is 0 Å². The lowest BCUT2D eigenvalue weighted by molar-refractivity contribution is -0.139. The van der Waals surface area contributed by atoms with E-state index in [1.54, 1.807) is 0 Å². The van der Waals surface area contributed by atoms with E-state index in [4.69, 9.17) is 5.11 Å². The number of rotatable bonds is 7. The molecule has 1 aromatic carbocycles. The summed E-state index contributed by atoms with van der Waals surface area (Å²) in [5, 5.41) is 12.1. The molecule has 0 spiro atoms. The van der Waals surface area contributed by atoms with Gasteiger partial charge in [-0.05, 0) is 31.9 Å². The molecule has 2 amide bonds. The van der Waals surface area contributed by atoms with Crippen LogP contribution in [0.4, 0.5) is 4.79 Å². The first-order valence-corrected chi connectivity index (χ1v) is 10.3. The average molecular weight is 389 g/mol. The standard InChI is InChI=1S/C21H32N4O3/c1-3-24(15-20(26)27)19-11-18(12-19)22-21(28)25-10-9-23(13-16(25)2)14-17-7-5-4-6-8-17/h4-8,16,18-19H,3,9-15H2,1-2H3,(H,22,28)(H,26,27). The van der Waals surface area contributed by atoms with E-state index in [9.17, 15) is 9.59 Å². The summed E-state index contributed by atoms with van der Waals surface area (Å²) in [6.07, 6.45) is 1.66. The quantitative estimate of drug-likeness (QED) is 0.745. The van der Waals surface area contributed by atoms with Crippen LogP contribution in [0.25, 0.3) is 0 Å². The van der Waals surface area contributed by atoms with E-state index in [2.05, 4.69) is 41.4 Å². The summed E-state index contributed by atoms with van der Waals surface area (Å²) in [6, 6.07) is 11.0. The number of benzene rings is 1. The maximum absolute atomic E-state index is 12.7. The fourth-order valence-corrected chi connectivity index (χ4v) is 4.25. The number of likely N-dealkylation sites (N-methyl/N-ethyl adjacent to an activating group) is 1. The number of carboxylic acid groups (broad SMARTS) is 1. The zero-order valence-corrected chi connectivity index (χ0v) is 16.9. The smallest absolute Gasteiger partial charge is 0.317 e. The third kappa shape index (κ3) is 5.23. The molecule has 0 aromatic heterocycles. The Bertz CT molecular complexity index is 663. The van der Waals surface area contributed by atoms with Gasteiger partial charge in [-0.1, -0.05) is 37.3 Å². The molecule has 2 aliphatic rings. The zero-order chi connectivity index (χ0) is 20.1. The second-order valence-corrected chi connectivity index (χ2v) is 7.99. The van der Waals surface area contributed by atoms with Crippen molar-refractivity contribution in [2.75, 3.05) is 32.7 Å². The molecule has 154 valence electrons. The molecule has 1 atom stereocenters. The molecule has 7 nitrogen and oxygen atoms in total. The van der Waals surface area contributed by atoms with Crippen molar-refractivity contribution in [1.29, 1.82) is 0 Å². The fourth-order valence-electron chi connectivity index (χ4n) is 4.25. The number of nitrogens with zero attached hydrogens (tertiary/aromatic N) is 3. The second-order valence-electron chi connectivity index (χ2n) is 7.99. The summed E-state index contributed by atoms with van der Waals surface area (Å²) in [5.41, 5.74) is 1.30. The van der Waals surface area contributed by atoms with Gasteiger partial charge in [0.15, 0.2) is 0 Å². The largest absolute Gasteiger partial charge is 0.480 e. The van der Waals surface area contributed by atoms with E-state index in [0.29, 0.717) is 0 Å². The molecule has 1 heterocycles. The first-order valence-electron chi connectivity index (χ1n) is 10.3. The topological polar surface area (TPSA) is 76.1 Å². The van der Waals surface area contributed by atoms with Crippen LogP contribution in [0.3, 0.4) is 0 Å². The highest BCUT2D eigenvalue weighted by molar-refractivity contribution is 5.75. The molecule has 28 heavy (non-hydrogen) atoms. The van der Waals surface area contributed by atoms with Crippen LogP contribution >= 0.6 is 0 Å². The van der Waals surface area contributed by atoms with Gasteiger partial charge in [0.1, 0.15) is 0 Å². The highest BCUT2D eigenvalue weighted by Gasteiger charge is 2.36. The third-order valence-electron chi connectivity index (χ3n) is 5.92. The zero-order valence-electron chi connectivity index (χ0n) is 16.9. The molecule has 0 radical (unpaired) electrons. The van der Waals surface area contributed by atoms with Crippen LogP contribution in [0.5, 0.6) is 0 Å². The molecule has 1 unspecified atom stereocenters. The Balaban J connectivity index is 1.42. The first-order chi connectivity index (χ1) is 13.5. The van der Waals surface area contributed by atoms with Gasteiger partial charge in [0.05, 0.1) is 6.54 Å². The van der Waals surface area contributed by atoms with Crippen LogP contribution < -0.4 is 5.32 Å². The molecular weight excluding hydrogens is 356 g/mol. The Hall–Kier alpha value is -2.12. The normalized spacial score (nSPS) is 25.4. The highest BCUT2D eigenvalue weighted by Crippen LogP contribution is 2.26. The molecule has 1 aromatic rings. The summed E-state index contributed by atoms with van der Waals surface area (Å²) in [5.74, 6) is -0.795. The van der Waals surface area contributed by atoms with Gasteiger partial charge >= 0.3 is 12.0 Å². The van der Waals surface area contributed by atoms with Gasteiger partial charge in [-0.3, -0.25) is 14.6 Å². The Morgan fingerprint density at radius 1 is 1.21 bits per heavy atom. The van der Waals surface area contributed by atoms with Gasteiger partial charge in [-0.25, -0.2) is 4.79 Å². The lowest BCUT2D eigenvalue weighted by atomic mass is 9.85. The molecular formula is C21H32N4O3. The Labute approximate surface area is 167 Å². The number of aliphatic carboxylic acids is 1. The van der Waals surface area contributed by atoms with E-state index in [-0.39, 0.29) is 30.7 Å². The number of urea groups is 1. The van der Waals surface area contributed by atoms with Gasteiger partial charge in [0.2, 0.25) is 0 Å². The summed E-state index contributed by atoms with van der Waals surface area (Å²) in [7, 11) is 0. The van der Waals surface area contributed by atoms with Crippen LogP contribution in [-0.2, 0) is 11.3 Å². The molecule has 7 heteroatoms. The number of hydrogen-bond donors (Lipinski definition) is 2. The number of hydrogen-bond acceptors (Lipinski definition) is 4. The van der Waals surface area contributed by atoms with Crippen molar-refractivity contribution in [2.24, 2.45) is 0 Å². The molecule has 1 aliphatic heterocycles. The van der Waals surface area contributed by atoms with E-state index < -0.39 is 5.97 Å². The minimum Gasteiger partial charge on any atom is -0.480 e. The van der Waals surface area contributed by atoms with Crippen LogP contribution in [0, 0.1) is 0 Å². The monoisotopic (exact) mass is 388 g/mol. The molecule has 1 saturated carbocycles. The average Bonchev–Trinajstić information content (AvgIpc) is 2.63. The minimum atomic E-state index is -0.795. The Kier molecular flexibility index (Phi) is 6.91. The van der Waals surface area contributed by atoms with Crippen molar-refractivity contribution in [3.8, 4) is 0 Å². The summed E-state index contributed by atoms with van der Waals surface area (Å²) < 4.78 is 0. The number of piperazine rings is 1. The fraction of sp³-hybridized carbons (Fsp3) is 0.619. The predicted octanol–water partition coefficient (Wildman–Crippen LogP) is 1.84. The van der Waals surface area contributed by atoms with E-state index >= 15 is 0 Å². The van der Waals surface area contributed by atoms with Crippen molar-refractivity contribution >= 4 is 12.0 Å². The molecule has 1 aliphatic carbocycles. The van der Waals surface area contributed by atoms with Gasteiger partial charge in [-0.2, -0.15) is 0 Å². The van der Waals surface area contributed by atoms with Gasteiger partial charge in [0, 0.05) is 44.3 Å². The predicted molar refractivity (Wildman–Crippen MR) is 108 cm³/mol. The second kappa shape index (κ2) is 9.39. The maximum atomic E-state index is 12.7. The Morgan fingerprint density at radius 3 is 2.54 bits per heavy atom. The molecule has 0 bridgehead atoms. The summed E-state index contributed by atoms with van der Waals surface area (Å²) >= 11 is 0. The molecule has 1 saturated heterocycles. The number of amides is 2. The van der Waals surface area contributed by atoms with E-state index in [1.165, 1.54) is 5.56 Å². The van der Waals surface area contributed by atoms with Crippen molar-refractivity contribution < 1.29 is 14.7 Å². The van der Waals surface area contributed by atoms with Crippen molar-refractivity contribution in [3.05, 3.63) is 35.9 Å². The van der Waals surface area contributed by atoms with Crippen LogP contribution in [0.15, 0.2) is 30.3 Å². The van der Waals surface area contributed by atoms with Gasteiger partial charge in [-0.15, -0.1) is 0 Å². The van der Waals surface area contributed by atoms with Crippen LogP contribution in [-0.4, -0.2) is 82.7 Å². The molecule has 2 N–H and O–H groups in total. The Morgan fingerprint density at radius 2 is 1.93 bits per heavy atom. The maximum Gasteiger partial charge on any atom is 0.317 e. The highest BCUT2D eigenvalue weighted by atomic mass is 16.4. The summed E-state index contributed by atoms with van der Waals surface area (Å²) in [6.45, 7) is 8.27. The van der Waals surface area contributed by atoms with Crippen molar-refractivity contribution in [1.82, 2.24) is 20.0 Å². The number of carboxylic acids is 1. The third-order valence-corrected chi connectivity index (χ3v) is 5.92.